The van der Waals surface area contributed by atoms with Gasteiger partial charge in [0.25, 0.3) is 0 Å². The van der Waals surface area contributed by atoms with Gasteiger partial charge in [-0.05, 0) is 14.0 Å². The fraction of sp³-hybridized carbons (Fsp3) is 0.444. The summed E-state index contributed by atoms with van der Waals surface area (Å²) >= 11 is 1.62. The summed E-state index contributed by atoms with van der Waals surface area (Å²) in [6.07, 6.45) is 0.830. The van der Waals surface area contributed by atoms with E-state index in [9.17, 15) is 0 Å². The standard InChI is InChI=1S/C9H12N2S/c1-3-4-5-8(10-2)9-6-12-7-11-9/h6-8,10H,5H2,1-2H3. The van der Waals surface area contributed by atoms with Crippen LogP contribution in [0.4, 0.5) is 0 Å². The molecule has 1 unspecified atom stereocenters. The predicted molar refractivity (Wildman–Crippen MR) is 52.0 cm³/mol. The molecule has 1 N–H and O–H groups in total. The van der Waals surface area contributed by atoms with Crippen LogP contribution in [0.15, 0.2) is 10.9 Å². The molecule has 1 rings (SSSR count). The third kappa shape index (κ3) is 2.33. The highest BCUT2D eigenvalue weighted by atomic mass is 32.1. The van der Waals surface area contributed by atoms with Gasteiger partial charge in [0.15, 0.2) is 0 Å². The average Bonchev–Trinajstić information content (AvgIpc) is 2.59. The second-order valence-corrected chi connectivity index (χ2v) is 3.10. The summed E-state index contributed by atoms with van der Waals surface area (Å²) in [4.78, 5) is 4.23. The average molecular weight is 180 g/mol. The van der Waals surface area contributed by atoms with Gasteiger partial charge in [-0.25, -0.2) is 4.98 Å². The van der Waals surface area contributed by atoms with Gasteiger partial charge in [0.05, 0.1) is 17.2 Å². The van der Waals surface area contributed by atoms with Crippen LogP contribution >= 0.6 is 11.3 Å². The Hall–Kier alpha value is -0.850. The zero-order valence-corrected chi connectivity index (χ0v) is 8.11. The summed E-state index contributed by atoms with van der Waals surface area (Å²) in [5.74, 6) is 5.92. The molecule has 1 atom stereocenters. The summed E-state index contributed by atoms with van der Waals surface area (Å²) in [5.41, 5.74) is 2.93. The Morgan fingerprint density at radius 3 is 3.08 bits per heavy atom. The van der Waals surface area contributed by atoms with Crippen molar-refractivity contribution in [3.63, 3.8) is 0 Å². The van der Waals surface area contributed by atoms with Crippen LogP contribution in [0.2, 0.25) is 0 Å². The summed E-state index contributed by atoms with van der Waals surface area (Å²) < 4.78 is 0. The second-order valence-electron chi connectivity index (χ2n) is 2.39. The van der Waals surface area contributed by atoms with E-state index in [2.05, 4.69) is 27.5 Å². The largest absolute Gasteiger partial charge is 0.311 e. The lowest BCUT2D eigenvalue weighted by Crippen LogP contribution is -2.15. The van der Waals surface area contributed by atoms with E-state index < -0.39 is 0 Å². The number of rotatable bonds is 3. The molecule has 0 aliphatic heterocycles. The molecule has 0 aliphatic carbocycles. The van der Waals surface area contributed by atoms with Crippen molar-refractivity contribution in [2.75, 3.05) is 7.05 Å². The Labute approximate surface area is 77.0 Å². The van der Waals surface area contributed by atoms with E-state index in [0.29, 0.717) is 0 Å². The van der Waals surface area contributed by atoms with E-state index in [-0.39, 0.29) is 6.04 Å². The number of hydrogen-bond donors (Lipinski definition) is 1. The zero-order valence-electron chi connectivity index (χ0n) is 7.29. The zero-order chi connectivity index (χ0) is 8.81. The van der Waals surface area contributed by atoms with E-state index in [1.54, 1.807) is 11.3 Å². The Balaban J connectivity index is 2.61. The van der Waals surface area contributed by atoms with Crippen molar-refractivity contribution in [1.82, 2.24) is 10.3 Å². The first kappa shape index (κ1) is 9.24. The Kier molecular flexibility index (Phi) is 3.78. The van der Waals surface area contributed by atoms with Crippen LogP contribution in [0.25, 0.3) is 0 Å². The van der Waals surface area contributed by atoms with Gasteiger partial charge in [-0.1, -0.05) is 0 Å². The molecule has 2 nitrogen and oxygen atoms in total. The van der Waals surface area contributed by atoms with Crippen molar-refractivity contribution in [2.45, 2.75) is 19.4 Å². The van der Waals surface area contributed by atoms with Gasteiger partial charge in [0.1, 0.15) is 0 Å². The summed E-state index contributed by atoms with van der Waals surface area (Å²) in [6, 6.07) is 0.281. The third-order valence-corrected chi connectivity index (χ3v) is 2.24. The smallest absolute Gasteiger partial charge is 0.0795 e. The number of nitrogens with zero attached hydrogens (tertiary/aromatic N) is 1. The molecule has 0 bridgehead atoms. The van der Waals surface area contributed by atoms with Gasteiger partial charge in [-0.3, -0.25) is 0 Å². The quantitative estimate of drug-likeness (QED) is 0.718. The Morgan fingerprint density at radius 2 is 2.58 bits per heavy atom. The molecule has 0 spiro atoms. The Morgan fingerprint density at radius 1 is 1.75 bits per heavy atom. The number of hydrogen-bond acceptors (Lipinski definition) is 3. The lowest BCUT2D eigenvalue weighted by atomic mass is 10.1. The molecule has 1 aromatic rings. The van der Waals surface area contributed by atoms with Crippen LogP contribution in [0, 0.1) is 11.8 Å². The molecule has 0 aromatic carbocycles. The first-order valence-electron chi connectivity index (χ1n) is 3.83. The van der Waals surface area contributed by atoms with Crippen molar-refractivity contribution in [3.05, 3.63) is 16.6 Å². The van der Waals surface area contributed by atoms with Gasteiger partial charge in [-0.15, -0.1) is 23.2 Å². The van der Waals surface area contributed by atoms with Gasteiger partial charge in [0, 0.05) is 11.8 Å². The summed E-state index contributed by atoms with van der Waals surface area (Å²) in [5, 5.41) is 5.24. The van der Waals surface area contributed by atoms with Crippen LogP contribution in [0.5, 0.6) is 0 Å². The molecule has 12 heavy (non-hydrogen) atoms. The molecule has 1 aromatic heterocycles. The van der Waals surface area contributed by atoms with Crippen molar-refractivity contribution in [3.8, 4) is 11.8 Å². The fourth-order valence-electron chi connectivity index (χ4n) is 0.953. The first-order valence-corrected chi connectivity index (χ1v) is 4.77. The summed E-state index contributed by atoms with van der Waals surface area (Å²) in [7, 11) is 1.93. The van der Waals surface area contributed by atoms with Crippen molar-refractivity contribution in [2.24, 2.45) is 0 Å². The Bertz CT molecular complexity index is 268. The molecule has 0 amide bonds. The second kappa shape index (κ2) is 4.91. The van der Waals surface area contributed by atoms with E-state index in [4.69, 9.17) is 0 Å². The minimum absolute atomic E-state index is 0.281. The third-order valence-electron chi connectivity index (χ3n) is 1.64. The molecular weight excluding hydrogens is 168 g/mol. The highest BCUT2D eigenvalue weighted by molar-refractivity contribution is 7.07. The molecule has 0 aliphatic rings. The van der Waals surface area contributed by atoms with Crippen LogP contribution in [0.1, 0.15) is 25.1 Å². The lowest BCUT2D eigenvalue weighted by molar-refractivity contribution is 0.597. The molecule has 3 heteroatoms. The van der Waals surface area contributed by atoms with E-state index >= 15 is 0 Å². The van der Waals surface area contributed by atoms with Crippen molar-refractivity contribution >= 4 is 11.3 Å². The molecule has 0 saturated heterocycles. The van der Waals surface area contributed by atoms with Gasteiger partial charge in [-0.2, -0.15) is 0 Å². The predicted octanol–water partition coefficient (Wildman–Crippen LogP) is 1.82. The lowest BCUT2D eigenvalue weighted by Gasteiger charge is -2.08. The molecule has 0 fully saturated rings. The topological polar surface area (TPSA) is 24.9 Å². The number of aromatic nitrogens is 1. The highest BCUT2D eigenvalue weighted by Crippen LogP contribution is 2.14. The monoisotopic (exact) mass is 180 g/mol. The summed E-state index contributed by atoms with van der Waals surface area (Å²) in [6.45, 7) is 1.85. The molecular formula is C9H12N2S. The SMILES string of the molecule is CC#CCC(NC)c1cscn1. The number of nitrogens with one attached hydrogen (secondary N) is 1. The molecule has 0 radical (unpaired) electrons. The molecule has 0 saturated carbocycles. The van der Waals surface area contributed by atoms with Crippen molar-refractivity contribution < 1.29 is 0 Å². The van der Waals surface area contributed by atoms with E-state index in [1.807, 2.05) is 19.5 Å². The van der Waals surface area contributed by atoms with Gasteiger partial charge >= 0.3 is 0 Å². The van der Waals surface area contributed by atoms with Crippen LogP contribution < -0.4 is 5.32 Å². The van der Waals surface area contributed by atoms with E-state index in [0.717, 1.165) is 12.1 Å². The van der Waals surface area contributed by atoms with Crippen LogP contribution in [0.3, 0.4) is 0 Å². The van der Waals surface area contributed by atoms with Crippen molar-refractivity contribution in [1.29, 1.82) is 0 Å². The van der Waals surface area contributed by atoms with Gasteiger partial charge < -0.3 is 5.32 Å². The highest BCUT2D eigenvalue weighted by Gasteiger charge is 2.08. The maximum atomic E-state index is 4.23. The normalized spacial score (nSPS) is 11.8. The maximum Gasteiger partial charge on any atom is 0.0795 e. The van der Waals surface area contributed by atoms with Gasteiger partial charge in [0.2, 0.25) is 0 Å². The minimum atomic E-state index is 0.281. The van der Waals surface area contributed by atoms with E-state index in [1.165, 1.54) is 0 Å². The molecule has 1 heterocycles. The number of thiazole rings is 1. The molecule has 64 valence electrons. The fourth-order valence-corrected chi connectivity index (χ4v) is 1.56. The maximum absolute atomic E-state index is 4.23. The van der Waals surface area contributed by atoms with Crippen LogP contribution in [-0.4, -0.2) is 12.0 Å². The minimum Gasteiger partial charge on any atom is -0.311 e. The van der Waals surface area contributed by atoms with Crippen LogP contribution in [-0.2, 0) is 0 Å². The first-order chi connectivity index (χ1) is 5.88.